The summed E-state index contributed by atoms with van der Waals surface area (Å²) in [5.74, 6) is -1.19. The molecule has 0 N–H and O–H groups in total. The summed E-state index contributed by atoms with van der Waals surface area (Å²) in [6.45, 7) is 1.29. The third-order valence-electron chi connectivity index (χ3n) is 2.77. The highest BCUT2D eigenvalue weighted by Gasteiger charge is 2.33. The Bertz CT molecular complexity index is 718. The Morgan fingerprint density at radius 2 is 2.08 bits per heavy atom. The maximum absolute atomic E-state index is 12.6. The van der Waals surface area contributed by atoms with E-state index in [2.05, 4.69) is 22.7 Å². The van der Waals surface area contributed by atoms with Crippen LogP contribution in [0.2, 0.25) is 0 Å². The van der Waals surface area contributed by atoms with Gasteiger partial charge < -0.3 is 14.2 Å². The summed E-state index contributed by atoms with van der Waals surface area (Å²) >= 11 is 3.92. The zero-order valence-electron chi connectivity index (χ0n) is 12.4. The maximum atomic E-state index is 12.6. The van der Waals surface area contributed by atoms with Crippen LogP contribution in [0.1, 0.15) is 22.8 Å². The molecule has 2 rings (SSSR count). The number of hydrogen-bond donors (Lipinski definition) is 1. The monoisotopic (exact) mass is 362 g/mol. The number of nitrogens with zero attached hydrogens (tertiary/aromatic N) is 2. The number of hydrogen-bond acceptors (Lipinski definition) is 6. The van der Waals surface area contributed by atoms with Crippen LogP contribution in [0.15, 0.2) is 30.5 Å². The van der Waals surface area contributed by atoms with Gasteiger partial charge in [-0.3, -0.25) is 0 Å². The van der Waals surface area contributed by atoms with Crippen LogP contribution in [0, 0.1) is 0 Å². The molecule has 0 aliphatic heterocycles. The van der Waals surface area contributed by atoms with E-state index in [9.17, 15) is 18.0 Å². The molecule has 0 aliphatic rings. The van der Waals surface area contributed by atoms with E-state index in [0.29, 0.717) is 0 Å². The molecule has 0 spiro atoms. The van der Waals surface area contributed by atoms with Gasteiger partial charge in [0.15, 0.2) is 0 Å². The molecule has 0 saturated carbocycles. The largest absolute Gasteiger partial charge is 0.573 e. The van der Waals surface area contributed by atoms with Gasteiger partial charge in [-0.2, -0.15) is 0 Å². The second-order valence-corrected chi connectivity index (χ2v) is 4.82. The third-order valence-corrected chi connectivity index (χ3v) is 2.99. The molecular formula is C14H13F3N2O4S. The molecule has 130 valence electrons. The number of carbonyl (C=O) groups excluding carboxylic acids is 1. The van der Waals surface area contributed by atoms with Crippen molar-refractivity contribution in [2.75, 3.05) is 6.61 Å². The molecule has 1 heterocycles. The number of benzene rings is 1. The molecule has 0 atom stereocenters. The molecule has 2 aromatic rings. The second kappa shape index (κ2) is 7.47. The molecule has 0 saturated heterocycles. The minimum Gasteiger partial charge on any atom is -0.472 e. The predicted octanol–water partition coefficient (Wildman–Crippen LogP) is 3.23. The smallest absolute Gasteiger partial charge is 0.472 e. The first-order chi connectivity index (χ1) is 11.3. The van der Waals surface area contributed by atoms with E-state index >= 15 is 0 Å². The number of alkyl halides is 3. The summed E-state index contributed by atoms with van der Waals surface area (Å²) in [6.07, 6.45) is -3.43. The summed E-state index contributed by atoms with van der Waals surface area (Å²) in [4.78, 5) is 12.0. The first-order valence-corrected chi connectivity index (χ1v) is 7.12. The molecule has 10 heteroatoms. The molecule has 6 nitrogen and oxygen atoms in total. The minimum atomic E-state index is -4.91. The SMILES string of the molecule is CCOC(=O)c1cccc(OC(F)(F)F)c1COc1ccn(S)n1. The highest BCUT2D eigenvalue weighted by atomic mass is 32.1. The van der Waals surface area contributed by atoms with Crippen molar-refractivity contribution in [2.24, 2.45) is 0 Å². The zero-order chi connectivity index (χ0) is 17.7. The number of carbonyl (C=O) groups is 1. The normalized spacial score (nSPS) is 11.2. The van der Waals surface area contributed by atoms with Crippen LogP contribution < -0.4 is 9.47 Å². The fourth-order valence-electron chi connectivity index (χ4n) is 1.86. The highest BCUT2D eigenvalue weighted by Crippen LogP contribution is 2.30. The zero-order valence-corrected chi connectivity index (χ0v) is 13.3. The highest BCUT2D eigenvalue weighted by molar-refractivity contribution is 7.78. The van der Waals surface area contributed by atoms with Crippen LogP contribution in [0.3, 0.4) is 0 Å². The van der Waals surface area contributed by atoms with Crippen LogP contribution in [-0.4, -0.2) is 28.1 Å². The lowest BCUT2D eigenvalue weighted by molar-refractivity contribution is -0.275. The number of aromatic nitrogens is 2. The van der Waals surface area contributed by atoms with Gasteiger partial charge in [-0.05, 0) is 31.9 Å². The summed E-state index contributed by atoms with van der Waals surface area (Å²) < 4.78 is 53.0. The molecule has 0 fully saturated rings. The lowest BCUT2D eigenvalue weighted by Crippen LogP contribution is -2.20. The van der Waals surface area contributed by atoms with Gasteiger partial charge in [0, 0.05) is 17.8 Å². The number of ether oxygens (including phenoxy) is 3. The van der Waals surface area contributed by atoms with E-state index in [-0.39, 0.29) is 30.2 Å². The Morgan fingerprint density at radius 3 is 2.67 bits per heavy atom. The Labute approximate surface area is 140 Å². The number of rotatable bonds is 6. The molecule has 0 radical (unpaired) electrons. The van der Waals surface area contributed by atoms with E-state index in [1.54, 1.807) is 6.92 Å². The lowest BCUT2D eigenvalue weighted by atomic mass is 10.1. The predicted molar refractivity (Wildman–Crippen MR) is 80.0 cm³/mol. The van der Waals surface area contributed by atoms with Gasteiger partial charge in [0.25, 0.3) is 0 Å². The minimum absolute atomic E-state index is 0.0769. The number of halogens is 3. The van der Waals surface area contributed by atoms with Crippen molar-refractivity contribution >= 4 is 18.8 Å². The van der Waals surface area contributed by atoms with Crippen molar-refractivity contribution in [3.63, 3.8) is 0 Å². The Kier molecular flexibility index (Phi) is 5.60. The topological polar surface area (TPSA) is 62.6 Å². The van der Waals surface area contributed by atoms with Crippen LogP contribution in [0.4, 0.5) is 13.2 Å². The fraction of sp³-hybridized carbons (Fsp3) is 0.286. The molecule has 0 aliphatic carbocycles. The van der Waals surface area contributed by atoms with Crippen molar-refractivity contribution in [1.82, 2.24) is 9.19 Å². The maximum Gasteiger partial charge on any atom is 0.573 e. The number of esters is 1. The van der Waals surface area contributed by atoms with Crippen molar-refractivity contribution < 1.29 is 32.2 Å². The first-order valence-electron chi connectivity index (χ1n) is 6.72. The van der Waals surface area contributed by atoms with Gasteiger partial charge in [0.05, 0.1) is 12.2 Å². The van der Waals surface area contributed by atoms with Crippen molar-refractivity contribution in [3.8, 4) is 11.6 Å². The van der Waals surface area contributed by atoms with Gasteiger partial charge >= 0.3 is 12.3 Å². The average molecular weight is 362 g/mol. The lowest BCUT2D eigenvalue weighted by Gasteiger charge is -2.16. The van der Waals surface area contributed by atoms with Crippen LogP contribution >= 0.6 is 12.8 Å². The first kappa shape index (κ1) is 18.0. The van der Waals surface area contributed by atoms with E-state index in [4.69, 9.17) is 9.47 Å². The Balaban J connectivity index is 2.33. The summed E-state index contributed by atoms with van der Waals surface area (Å²) in [5.41, 5.74) is -0.175. The van der Waals surface area contributed by atoms with E-state index in [1.807, 2.05) is 0 Å². The molecule has 24 heavy (non-hydrogen) atoms. The van der Waals surface area contributed by atoms with Crippen LogP contribution in [-0.2, 0) is 11.3 Å². The van der Waals surface area contributed by atoms with Crippen LogP contribution in [0.5, 0.6) is 11.6 Å². The summed E-state index contributed by atoms with van der Waals surface area (Å²) in [5, 5.41) is 3.82. The fourth-order valence-corrected chi connectivity index (χ4v) is 2.01. The van der Waals surface area contributed by atoms with Crippen LogP contribution in [0.25, 0.3) is 0 Å². The quantitative estimate of drug-likeness (QED) is 0.631. The molecule has 0 bridgehead atoms. The third kappa shape index (κ3) is 4.82. The van der Waals surface area contributed by atoms with Gasteiger partial charge in [0.1, 0.15) is 12.4 Å². The van der Waals surface area contributed by atoms with E-state index in [1.165, 1.54) is 28.5 Å². The molecule has 1 aromatic carbocycles. The van der Waals surface area contributed by atoms with Crippen molar-refractivity contribution in [3.05, 3.63) is 41.6 Å². The van der Waals surface area contributed by atoms with Gasteiger partial charge in [-0.25, -0.2) is 8.88 Å². The van der Waals surface area contributed by atoms with Gasteiger partial charge in [-0.15, -0.1) is 18.3 Å². The molecule has 0 amide bonds. The molecular weight excluding hydrogens is 349 g/mol. The summed E-state index contributed by atoms with van der Waals surface area (Å²) in [6, 6.07) is 5.15. The van der Waals surface area contributed by atoms with E-state index in [0.717, 1.165) is 6.07 Å². The molecule has 1 aromatic heterocycles. The van der Waals surface area contributed by atoms with E-state index < -0.39 is 18.1 Å². The number of thiol groups is 1. The Morgan fingerprint density at radius 1 is 1.33 bits per heavy atom. The second-order valence-electron chi connectivity index (χ2n) is 4.41. The van der Waals surface area contributed by atoms with Crippen molar-refractivity contribution in [1.29, 1.82) is 0 Å². The molecule has 0 unspecified atom stereocenters. The van der Waals surface area contributed by atoms with Crippen molar-refractivity contribution in [2.45, 2.75) is 19.9 Å². The Hall–Kier alpha value is -2.36. The summed E-state index contributed by atoms with van der Waals surface area (Å²) in [7, 11) is 0. The van der Waals surface area contributed by atoms with Gasteiger partial charge in [-0.1, -0.05) is 6.07 Å². The average Bonchev–Trinajstić information content (AvgIpc) is 2.90. The van der Waals surface area contributed by atoms with Gasteiger partial charge in [0.2, 0.25) is 5.88 Å². The standard InChI is InChI=1S/C14H13F3N2O4S/c1-2-21-13(20)9-4-3-5-11(23-14(15,16)17)10(9)8-22-12-6-7-19(24)18-12/h3-7,24H,2,8H2,1H3.